The first-order chi connectivity index (χ1) is 14.8. The van der Waals surface area contributed by atoms with Crippen LogP contribution in [0, 0.1) is 5.92 Å². The molecule has 3 saturated heterocycles. The lowest BCUT2D eigenvalue weighted by molar-refractivity contribution is -0.136. The summed E-state index contributed by atoms with van der Waals surface area (Å²) < 4.78 is 0. The minimum Gasteiger partial charge on any atom is -0.310 e. The van der Waals surface area contributed by atoms with Crippen molar-refractivity contribution < 1.29 is 19.2 Å². The highest BCUT2D eigenvalue weighted by Crippen LogP contribution is 2.42. The number of hydrogen-bond donors (Lipinski definition) is 2. The van der Waals surface area contributed by atoms with Gasteiger partial charge in [0, 0.05) is 31.1 Å². The molecule has 5 rings (SSSR count). The first kappa shape index (κ1) is 20.3. The predicted molar refractivity (Wildman–Crippen MR) is 112 cm³/mol. The molecule has 3 fully saturated rings. The van der Waals surface area contributed by atoms with Gasteiger partial charge in [-0.15, -0.1) is 0 Å². The molecular formula is C23H28N4O4. The lowest BCUT2D eigenvalue weighted by Crippen LogP contribution is -2.74. The number of carbonyl (C=O) groups excluding carboxylic acids is 4. The van der Waals surface area contributed by atoms with E-state index in [4.69, 9.17) is 0 Å². The summed E-state index contributed by atoms with van der Waals surface area (Å²) in [5.41, 5.74) is 1.70. The van der Waals surface area contributed by atoms with Gasteiger partial charge in [-0.1, -0.05) is 26.0 Å². The van der Waals surface area contributed by atoms with E-state index in [0.29, 0.717) is 29.6 Å². The molecule has 2 N–H and O–H groups in total. The van der Waals surface area contributed by atoms with Crippen molar-refractivity contribution in [2.45, 2.75) is 63.7 Å². The number of hydrogen-bond acceptors (Lipinski definition) is 6. The molecule has 1 aromatic rings. The molecule has 164 valence electrons. The fourth-order valence-corrected chi connectivity index (χ4v) is 5.98. The van der Waals surface area contributed by atoms with Crippen molar-refractivity contribution >= 4 is 23.6 Å². The molecule has 4 aliphatic rings. The SMILES string of the molecule is CC(C)C1NCC12CCCN2Cc1cccc2c1C(=O)N(C1CCC(=O)NC1=O)C2=O. The number of nitrogens with one attached hydrogen (secondary N) is 2. The molecule has 4 amide bonds. The van der Waals surface area contributed by atoms with Gasteiger partial charge in [0.1, 0.15) is 6.04 Å². The van der Waals surface area contributed by atoms with Gasteiger partial charge in [0.25, 0.3) is 11.8 Å². The minimum atomic E-state index is -0.933. The Bertz CT molecular complexity index is 990. The Morgan fingerprint density at radius 1 is 1.16 bits per heavy atom. The van der Waals surface area contributed by atoms with Crippen molar-refractivity contribution in [3.05, 3.63) is 34.9 Å². The van der Waals surface area contributed by atoms with Crippen LogP contribution in [0.5, 0.6) is 0 Å². The fraction of sp³-hybridized carbons (Fsp3) is 0.565. The quantitative estimate of drug-likeness (QED) is 0.701. The van der Waals surface area contributed by atoms with Crippen molar-refractivity contribution in [1.82, 2.24) is 20.4 Å². The Hall–Kier alpha value is -2.58. The topological polar surface area (TPSA) is 98.8 Å². The van der Waals surface area contributed by atoms with Crippen LogP contribution < -0.4 is 10.6 Å². The molecular weight excluding hydrogens is 396 g/mol. The number of fused-ring (bicyclic) bond motifs is 1. The number of carbonyl (C=O) groups is 4. The predicted octanol–water partition coefficient (Wildman–Crippen LogP) is 1.05. The van der Waals surface area contributed by atoms with Crippen LogP contribution in [0.25, 0.3) is 0 Å². The average Bonchev–Trinajstić information content (AvgIpc) is 3.23. The third-order valence-corrected chi connectivity index (χ3v) is 7.46. The number of rotatable bonds is 4. The summed E-state index contributed by atoms with van der Waals surface area (Å²) >= 11 is 0. The molecule has 4 heterocycles. The average molecular weight is 425 g/mol. The van der Waals surface area contributed by atoms with Crippen LogP contribution in [0.2, 0.25) is 0 Å². The molecule has 0 bridgehead atoms. The first-order valence-electron chi connectivity index (χ1n) is 11.2. The zero-order valence-corrected chi connectivity index (χ0v) is 17.9. The second-order valence-corrected chi connectivity index (χ2v) is 9.52. The molecule has 0 radical (unpaired) electrons. The van der Waals surface area contributed by atoms with Gasteiger partial charge in [0.15, 0.2) is 0 Å². The van der Waals surface area contributed by atoms with Gasteiger partial charge < -0.3 is 5.32 Å². The van der Waals surface area contributed by atoms with Gasteiger partial charge in [-0.25, -0.2) is 0 Å². The molecule has 1 spiro atoms. The van der Waals surface area contributed by atoms with Gasteiger partial charge in [-0.05, 0) is 43.4 Å². The second kappa shape index (κ2) is 7.24. The van der Waals surface area contributed by atoms with Crippen LogP contribution in [0.15, 0.2) is 18.2 Å². The zero-order valence-electron chi connectivity index (χ0n) is 17.9. The highest BCUT2D eigenvalue weighted by atomic mass is 16.2. The molecule has 4 aliphatic heterocycles. The van der Waals surface area contributed by atoms with Crippen molar-refractivity contribution in [3.63, 3.8) is 0 Å². The van der Waals surface area contributed by atoms with E-state index in [1.807, 2.05) is 12.1 Å². The molecule has 0 aliphatic carbocycles. The monoisotopic (exact) mass is 424 g/mol. The molecule has 31 heavy (non-hydrogen) atoms. The third kappa shape index (κ3) is 2.96. The lowest BCUT2D eigenvalue weighted by Gasteiger charge is -2.55. The molecule has 0 saturated carbocycles. The van der Waals surface area contributed by atoms with Crippen LogP contribution in [0.1, 0.15) is 65.8 Å². The Morgan fingerprint density at radius 2 is 1.97 bits per heavy atom. The number of benzene rings is 1. The lowest BCUT2D eigenvalue weighted by atomic mass is 9.74. The van der Waals surface area contributed by atoms with Gasteiger partial charge >= 0.3 is 0 Å². The van der Waals surface area contributed by atoms with Gasteiger partial charge in [0.2, 0.25) is 11.8 Å². The second-order valence-electron chi connectivity index (χ2n) is 9.52. The maximum atomic E-state index is 13.4. The van der Waals surface area contributed by atoms with Crippen LogP contribution in [0.3, 0.4) is 0 Å². The number of piperidine rings is 1. The summed E-state index contributed by atoms with van der Waals surface area (Å²) in [4.78, 5) is 53.8. The molecule has 8 heteroatoms. The van der Waals surface area contributed by atoms with E-state index >= 15 is 0 Å². The summed E-state index contributed by atoms with van der Waals surface area (Å²) in [6.07, 6.45) is 2.54. The van der Waals surface area contributed by atoms with E-state index in [2.05, 4.69) is 29.4 Å². The summed E-state index contributed by atoms with van der Waals surface area (Å²) in [6, 6.07) is 4.88. The highest BCUT2D eigenvalue weighted by Gasteiger charge is 2.54. The van der Waals surface area contributed by atoms with Crippen molar-refractivity contribution in [2.24, 2.45) is 5.92 Å². The zero-order chi connectivity index (χ0) is 21.9. The maximum Gasteiger partial charge on any atom is 0.262 e. The molecule has 0 aromatic heterocycles. The number of amides is 4. The summed E-state index contributed by atoms with van der Waals surface area (Å²) in [5, 5.41) is 5.83. The standard InChI is InChI=1S/C23H28N4O4/c1-13(2)19-23(12-24-19)9-4-10-26(23)11-14-5-3-6-15-18(14)22(31)27(21(15)30)16-7-8-17(28)25-20(16)29/h3,5-6,13,16,19,24H,4,7-12H2,1-2H3,(H,25,28,29). The van der Waals surface area contributed by atoms with Crippen molar-refractivity contribution in [3.8, 4) is 0 Å². The largest absolute Gasteiger partial charge is 0.310 e. The van der Waals surface area contributed by atoms with Gasteiger partial charge in [-0.2, -0.15) is 0 Å². The number of likely N-dealkylation sites (tertiary alicyclic amines) is 1. The van der Waals surface area contributed by atoms with Crippen molar-refractivity contribution in [2.75, 3.05) is 13.1 Å². The van der Waals surface area contributed by atoms with E-state index in [9.17, 15) is 19.2 Å². The summed E-state index contributed by atoms with van der Waals surface area (Å²) in [7, 11) is 0. The van der Waals surface area contributed by atoms with E-state index in [1.165, 1.54) is 0 Å². The first-order valence-corrected chi connectivity index (χ1v) is 11.2. The van der Waals surface area contributed by atoms with Gasteiger partial charge in [-0.3, -0.25) is 34.3 Å². The highest BCUT2D eigenvalue weighted by molar-refractivity contribution is 6.24. The number of nitrogens with zero attached hydrogens (tertiary/aromatic N) is 2. The van der Waals surface area contributed by atoms with Crippen LogP contribution in [-0.4, -0.2) is 64.1 Å². The van der Waals surface area contributed by atoms with E-state index < -0.39 is 23.8 Å². The van der Waals surface area contributed by atoms with Crippen LogP contribution in [-0.2, 0) is 16.1 Å². The van der Waals surface area contributed by atoms with E-state index in [-0.39, 0.29) is 24.3 Å². The fourth-order valence-electron chi connectivity index (χ4n) is 5.98. The Kier molecular flexibility index (Phi) is 4.75. The van der Waals surface area contributed by atoms with Crippen molar-refractivity contribution in [1.29, 1.82) is 0 Å². The number of imide groups is 2. The Balaban J connectivity index is 1.44. The van der Waals surface area contributed by atoms with E-state index in [0.717, 1.165) is 36.4 Å². The minimum absolute atomic E-state index is 0.103. The molecule has 1 aromatic carbocycles. The van der Waals surface area contributed by atoms with Gasteiger partial charge in [0.05, 0.1) is 11.1 Å². The third-order valence-electron chi connectivity index (χ3n) is 7.46. The Labute approximate surface area is 181 Å². The van der Waals surface area contributed by atoms with E-state index in [1.54, 1.807) is 6.07 Å². The summed E-state index contributed by atoms with van der Waals surface area (Å²) in [6.45, 7) is 6.98. The maximum absolute atomic E-state index is 13.4. The van der Waals surface area contributed by atoms with Crippen LogP contribution in [0.4, 0.5) is 0 Å². The Morgan fingerprint density at radius 3 is 2.65 bits per heavy atom. The molecule has 8 nitrogen and oxygen atoms in total. The smallest absolute Gasteiger partial charge is 0.262 e. The van der Waals surface area contributed by atoms with Crippen LogP contribution >= 0.6 is 0 Å². The summed E-state index contributed by atoms with van der Waals surface area (Å²) in [5.74, 6) is -1.30. The molecule has 3 atom stereocenters. The normalized spacial score (nSPS) is 30.9. The molecule has 3 unspecified atom stereocenters.